The number of hydrogen-bond donors (Lipinski definition) is 1. The summed E-state index contributed by atoms with van der Waals surface area (Å²) in [5, 5.41) is 1.44. The Morgan fingerprint density at radius 3 is 2.85 bits per heavy atom. The second-order valence-electron chi connectivity index (χ2n) is 7.17. The molecule has 0 atom stereocenters. The number of benzene rings is 1. The Balaban J connectivity index is 1.91. The molecule has 0 aliphatic heterocycles. The average Bonchev–Trinajstić information content (AvgIpc) is 3.34. The summed E-state index contributed by atoms with van der Waals surface area (Å²) >= 11 is 0. The molecule has 2 aromatic heterocycles. The quantitative estimate of drug-likeness (QED) is 0.614. The number of nitrogens with two attached hydrogens (primary N) is 1. The lowest BCUT2D eigenvalue weighted by Crippen LogP contribution is -2.27. The summed E-state index contributed by atoms with van der Waals surface area (Å²) < 4.78 is 13.4. The molecule has 27 heavy (non-hydrogen) atoms. The van der Waals surface area contributed by atoms with Crippen LogP contribution in [0.4, 0.5) is 0 Å². The number of oxazole rings is 1. The van der Waals surface area contributed by atoms with Crippen LogP contribution in [0.25, 0.3) is 22.1 Å². The number of ether oxygens (including phenoxy) is 1. The Labute approximate surface area is 158 Å². The minimum absolute atomic E-state index is 0.00399. The fraction of sp³-hybridized carbons (Fsp3) is 0.429. The first-order valence-corrected chi connectivity index (χ1v) is 9.64. The minimum atomic E-state index is 0.00399. The van der Waals surface area contributed by atoms with Gasteiger partial charge in [-0.3, -0.25) is 4.79 Å². The molecule has 1 saturated carbocycles. The second-order valence-corrected chi connectivity index (χ2v) is 7.17. The lowest BCUT2D eigenvalue weighted by atomic mass is 10.0. The SMILES string of the molecule is CCCCOc1c(CN)n(CC2CC2)c(=O)c2ccc(-c3cnco3)cc12. The predicted molar refractivity (Wildman–Crippen MR) is 105 cm³/mol. The van der Waals surface area contributed by atoms with Crippen LogP contribution in [0.3, 0.4) is 0 Å². The zero-order valence-electron chi connectivity index (χ0n) is 15.6. The van der Waals surface area contributed by atoms with Gasteiger partial charge in [-0.15, -0.1) is 0 Å². The molecule has 0 radical (unpaired) electrons. The molecule has 2 heterocycles. The van der Waals surface area contributed by atoms with Gasteiger partial charge >= 0.3 is 0 Å². The van der Waals surface area contributed by atoms with Gasteiger partial charge in [0.15, 0.2) is 12.2 Å². The van der Waals surface area contributed by atoms with Crippen molar-refractivity contribution in [1.29, 1.82) is 0 Å². The van der Waals surface area contributed by atoms with Crippen LogP contribution in [0.2, 0.25) is 0 Å². The van der Waals surface area contributed by atoms with Gasteiger partial charge in [0.05, 0.1) is 23.9 Å². The van der Waals surface area contributed by atoms with Crippen LogP contribution < -0.4 is 16.0 Å². The number of nitrogens with zero attached hydrogens (tertiary/aromatic N) is 2. The molecule has 1 fully saturated rings. The molecular weight excluding hydrogens is 342 g/mol. The highest BCUT2D eigenvalue weighted by Crippen LogP contribution is 2.35. The molecule has 3 aromatic rings. The largest absolute Gasteiger partial charge is 0.491 e. The molecule has 1 aliphatic carbocycles. The monoisotopic (exact) mass is 367 g/mol. The molecule has 4 rings (SSSR count). The number of rotatable bonds is 8. The van der Waals surface area contributed by atoms with E-state index in [-0.39, 0.29) is 12.1 Å². The van der Waals surface area contributed by atoms with Crippen LogP contribution in [0.15, 0.2) is 40.0 Å². The molecular formula is C21H25N3O3. The second kappa shape index (κ2) is 7.56. The van der Waals surface area contributed by atoms with Crippen molar-refractivity contribution >= 4 is 10.8 Å². The molecule has 0 saturated heterocycles. The topological polar surface area (TPSA) is 83.3 Å². The number of hydrogen-bond acceptors (Lipinski definition) is 5. The molecule has 0 spiro atoms. The normalized spacial score (nSPS) is 14.0. The highest BCUT2D eigenvalue weighted by atomic mass is 16.5. The Kier molecular flexibility index (Phi) is 4.99. The van der Waals surface area contributed by atoms with Crippen molar-refractivity contribution in [1.82, 2.24) is 9.55 Å². The first-order chi connectivity index (χ1) is 13.2. The fourth-order valence-electron chi connectivity index (χ4n) is 3.41. The summed E-state index contributed by atoms with van der Waals surface area (Å²) in [6, 6.07) is 5.69. The summed E-state index contributed by atoms with van der Waals surface area (Å²) in [7, 11) is 0. The summed E-state index contributed by atoms with van der Waals surface area (Å²) in [5.74, 6) is 1.96. The van der Waals surface area contributed by atoms with Gasteiger partial charge in [0.1, 0.15) is 5.75 Å². The summed E-state index contributed by atoms with van der Waals surface area (Å²) in [5.41, 5.74) is 7.73. The smallest absolute Gasteiger partial charge is 0.258 e. The maximum atomic E-state index is 13.2. The van der Waals surface area contributed by atoms with Gasteiger partial charge in [-0.1, -0.05) is 19.4 Å². The van der Waals surface area contributed by atoms with Crippen molar-refractivity contribution in [2.45, 2.75) is 45.7 Å². The molecule has 0 unspecified atom stereocenters. The van der Waals surface area contributed by atoms with Gasteiger partial charge in [-0.05, 0) is 37.3 Å². The number of fused-ring (bicyclic) bond motifs is 1. The van der Waals surface area contributed by atoms with Gasteiger partial charge in [0.2, 0.25) is 0 Å². The van der Waals surface area contributed by atoms with Gasteiger partial charge in [-0.2, -0.15) is 0 Å². The molecule has 0 bridgehead atoms. The van der Waals surface area contributed by atoms with Crippen molar-refractivity contribution < 1.29 is 9.15 Å². The van der Waals surface area contributed by atoms with Crippen LogP contribution in [-0.2, 0) is 13.1 Å². The predicted octanol–water partition coefficient (Wildman–Crippen LogP) is 3.70. The lowest BCUT2D eigenvalue weighted by molar-refractivity contribution is 0.305. The van der Waals surface area contributed by atoms with E-state index in [9.17, 15) is 4.79 Å². The Bertz CT molecular complexity index is 988. The van der Waals surface area contributed by atoms with E-state index in [0.29, 0.717) is 23.7 Å². The maximum absolute atomic E-state index is 13.2. The van der Waals surface area contributed by atoms with Crippen molar-refractivity contribution in [3.05, 3.63) is 46.8 Å². The molecule has 6 nitrogen and oxygen atoms in total. The van der Waals surface area contributed by atoms with E-state index in [4.69, 9.17) is 14.9 Å². The van der Waals surface area contributed by atoms with Crippen molar-refractivity contribution in [3.8, 4) is 17.1 Å². The molecule has 142 valence electrons. The van der Waals surface area contributed by atoms with Gasteiger partial charge in [-0.25, -0.2) is 4.98 Å². The molecule has 2 N–H and O–H groups in total. The molecule has 1 aromatic carbocycles. The van der Waals surface area contributed by atoms with E-state index < -0.39 is 0 Å². The average molecular weight is 367 g/mol. The standard InChI is InChI=1S/C21H25N3O3/c1-2-3-8-26-20-17-9-15(19-11-23-13-27-19)6-7-16(17)21(25)24(18(20)10-22)12-14-4-5-14/h6-7,9,11,13-14H,2-5,8,10,12,22H2,1H3. The summed E-state index contributed by atoms with van der Waals surface area (Å²) in [6.45, 7) is 3.72. The Morgan fingerprint density at radius 2 is 2.19 bits per heavy atom. The summed E-state index contributed by atoms with van der Waals surface area (Å²) in [4.78, 5) is 17.2. The zero-order valence-corrected chi connectivity index (χ0v) is 15.6. The first-order valence-electron chi connectivity index (χ1n) is 9.64. The minimum Gasteiger partial charge on any atom is -0.491 e. The van der Waals surface area contributed by atoms with E-state index >= 15 is 0 Å². The van der Waals surface area contributed by atoms with E-state index in [2.05, 4.69) is 11.9 Å². The fourth-order valence-corrected chi connectivity index (χ4v) is 3.41. The first kappa shape index (κ1) is 17.8. The molecule has 1 aliphatic rings. The Hall–Kier alpha value is -2.60. The third kappa shape index (κ3) is 3.49. The van der Waals surface area contributed by atoms with Gasteiger partial charge in [0.25, 0.3) is 5.56 Å². The van der Waals surface area contributed by atoms with Crippen LogP contribution in [0, 0.1) is 5.92 Å². The van der Waals surface area contributed by atoms with Gasteiger partial charge < -0.3 is 19.5 Å². The highest BCUT2D eigenvalue weighted by Gasteiger charge is 2.26. The van der Waals surface area contributed by atoms with E-state index in [0.717, 1.165) is 41.8 Å². The third-order valence-electron chi connectivity index (χ3n) is 5.12. The Morgan fingerprint density at radius 1 is 1.33 bits per heavy atom. The van der Waals surface area contributed by atoms with Crippen molar-refractivity contribution in [3.63, 3.8) is 0 Å². The molecule has 0 amide bonds. The van der Waals surface area contributed by atoms with Crippen LogP contribution in [0.5, 0.6) is 5.75 Å². The number of pyridine rings is 1. The van der Waals surface area contributed by atoms with Crippen molar-refractivity contribution in [2.24, 2.45) is 11.7 Å². The van der Waals surface area contributed by atoms with E-state index in [1.807, 2.05) is 22.8 Å². The van der Waals surface area contributed by atoms with E-state index in [1.54, 1.807) is 6.20 Å². The zero-order chi connectivity index (χ0) is 18.8. The van der Waals surface area contributed by atoms with Crippen LogP contribution in [-0.4, -0.2) is 16.2 Å². The molecule has 6 heteroatoms. The van der Waals surface area contributed by atoms with Crippen molar-refractivity contribution in [2.75, 3.05) is 6.61 Å². The maximum Gasteiger partial charge on any atom is 0.258 e. The highest BCUT2D eigenvalue weighted by molar-refractivity contribution is 5.91. The van der Waals surface area contributed by atoms with Crippen LogP contribution >= 0.6 is 0 Å². The van der Waals surface area contributed by atoms with Crippen LogP contribution in [0.1, 0.15) is 38.3 Å². The number of aromatic nitrogens is 2. The van der Waals surface area contributed by atoms with E-state index in [1.165, 1.54) is 19.2 Å². The third-order valence-corrected chi connectivity index (χ3v) is 5.12. The lowest BCUT2D eigenvalue weighted by Gasteiger charge is -2.19. The summed E-state index contributed by atoms with van der Waals surface area (Å²) in [6.07, 6.45) is 7.40. The number of unbranched alkanes of at least 4 members (excludes halogenated alkanes) is 1. The van der Waals surface area contributed by atoms with Gasteiger partial charge in [0, 0.05) is 24.0 Å².